The van der Waals surface area contributed by atoms with Gasteiger partial charge in [-0.05, 0) is 29.6 Å². The average molecular weight is 258 g/mol. The average Bonchev–Trinajstić information content (AvgIpc) is 2.41. The molecule has 0 amide bonds. The van der Waals surface area contributed by atoms with Gasteiger partial charge in [0.2, 0.25) is 0 Å². The number of terminal acetylenes is 1. The highest BCUT2D eigenvalue weighted by Crippen LogP contribution is 2.11. The summed E-state index contributed by atoms with van der Waals surface area (Å²) in [5.41, 5.74) is 3.03. The predicted molar refractivity (Wildman–Crippen MR) is 77.1 cm³/mol. The SMILES string of the molecule is C#Cc1cc(CN2CCNCC2)cc(B(O)O)c1C. The van der Waals surface area contributed by atoms with Crippen LogP contribution in [0.5, 0.6) is 0 Å². The van der Waals surface area contributed by atoms with E-state index in [9.17, 15) is 10.0 Å². The van der Waals surface area contributed by atoms with Gasteiger partial charge in [0.15, 0.2) is 0 Å². The molecule has 100 valence electrons. The summed E-state index contributed by atoms with van der Waals surface area (Å²) in [6.07, 6.45) is 5.48. The van der Waals surface area contributed by atoms with Crippen molar-refractivity contribution in [3.63, 3.8) is 0 Å². The Balaban J connectivity index is 2.25. The smallest absolute Gasteiger partial charge is 0.423 e. The molecule has 2 rings (SSSR count). The molecule has 4 nitrogen and oxygen atoms in total. The van der Waals surface area contributed by atoms with Crippen LogP contribution in [0.1, 0.15) is 16.7 Å². The third-order valence-electron chi connectivity index (χ3n) is 3.56. The molecule has 1 fully saturated rings. The fraction of sp³-hybridized carbons (Fsp3) is 0.429. The number of rotatable bonds is 3. The molecular formula is C14H19BN2O2. The molecule has 1 saturated heterocycles. The van der Waals surface area contributed by atoms with Crippen LogP contribution in [0, 0.1) is 19.3 Å². The Labute approximate surface area is 114 Å². The number of nitrogens with one attached hydrogen (secondary N) is 1. The molecule has 0 radical (unpaired) electrons. The van der Waals surface area contributed by atoms with E-state index in [1.807, 2.05) is 19.1 Å². The van der Waals surface area contributed by atoms with Gasteiger partial charge in [0.25, 0.3) is 0 Å². The van der Waals surface area contributed by atoms with Crippen molar-refractivity contribution in [2.75, 3.05) is 26.2 Å². The van der Waals surface area contributed by atoms with E-state index in [0.717, 1.165) is 49.4 Å². The maximum Gasteiger partial charge on any atom is 0.488 e. The molecule has 1 aliphatic rings. The molecule has 0 saturated carbocycles. The number of hydrogen-bond acceptors (Lipinski definition) is 4. The molecule has 1 aromatic carbocycles. The first-order valence-electron chi connectivity index (χ1n) is 6.51. The van der Waals surface area contributed by atoms with Gasteiger partial charge in [-0.3, -0.25) is 4.90 Å². The molecule has 0 aliphatic carbocycles. The molecule has 1 aromatic rings. The minimum absolute atomic E-state index is 0.501. The second-order valence-electron chi connectivity index (χ2n) is 4.90. The highest BCUT2D eigenvalue weighted by Gasteiger charge is 2.18. The van der Waals surface area contributed by atoms with Crippen molar-refractivity contribution >= 4 is 12.6 Å². The summed E-state index contributed by atoms with van der Waals surface area (Å²) in [5.74, 6) is 2.62. The second-order valence-corrected chi connectivity index (χ2v) is 4.90. The van der Waals surface area contributed by atoms with Gasteiger partial charge < -0.3 is 15.4 Å². The van der Waals surface area contributed by atoms with Crippen molar-refractivity contribution < 1.29 is 10.0 Å². The van der Waals surface area contributed by atoms with Gasteiger partial charge in [-0.1, -0.05) is 12.0 Å². The molecule has 0 unspecified atom stereocenters. The second kappa shape index (κ2) is 6.22. The van der Waals surface area contributed by atoms with E-state index in [1.54, 1.807) is 0 Å². The zero-order valence-electron chi connectivity index (χ0n) is 11.2. The first kappa shape index (κ1) is 14.1. The van der Waals surface area contributed by atoms with E-state index >= 15 is 0 Å². The van der Waals surface area contributed by atoms with Gasteiger partial charge in [0.05, 0.1) is 0 Å². The summed E-state index contributed by atoms with van der Waals surface area (Å²) in [6.45, 7) is 6.58. The van der Waals surface area contributed by atoms with Crippen LogP contribution in [0.3, 0.4) is 0 Å². The highest BCUT2D eigenvalue weighted by atomic mass is 16.4. The van der Waals surface area contributed by atoms with Crippen molar-refractivity contribution in [2.45, 2.75) is 13.5 Å². The molecule has 19 heavy (non-hydrogen) atoms. The van der Waals surface area contributed by atoms with Gasteiger partial charge in [0.1, 0.15) is 0 Å². The predicted octanol–water partition coefficient (Wildman–Crippen LogP) is -0.939. The van der Waals surface area contributed by atoms with Crippen molar-refractivity contribution in [3.8, 4) is 12.3 Å². The fourth-order valence-electron chi connectivity index (χ4n) is 2.44. The Morgan fingerprint density at radius 3 is 2.63 bits per heavy atom. The lowest BCUT2D eigenvalue weighted by Gasteiger charge is -2.27. The van der Waals surface area contributed by atoms with E-state index in [0.29, 0.717) is 5.46 Å². The lowest BCUT2D eigenvalue weighted by Crippen LogP contribution is -2.43. The molecule has 0 atom stereocenters. The molecule has 0 bridgehead atoms. The van der Waals surface area contributed by atoms with Gasteiger partial charge >= 0.3 is 7.12 Å². The van der Waals surface area contributed by atoms with Crippen LogP contribution < -0.4 is 10.8 Å². The monoisotopic (exact) mass is 258 g/mol. The van der Waals surface area contributed by atoms with Crippen LogP contribution >= 0.6 is 0 Å². The maximum atomic E-state index is 9.42. The number of hydrogen-bond donors (Lipinski definition) is 3. The molecule has 3 N–H and O–H groups in total. The van der Waals surface area contributed by atoms with E-state index in [4.69, 9.17) is 6.42 Å². The standard InChI is InChI=1S/C14H19BN2O2/c1-3-13-8-12(9-14(11(13)2)15(18)19)10-17-6-4-16-5-7-17/h1,8-9,16,18-19H,4-7,10H2,2H3. The third kappa shape index (κ3) is 3.37. The molecule has 0 spiro atoms. The summed E-state index contributed by atoms with van der Waals surface area (Å²) in [5, 5.41) is 22.1. The Morgan fingerprint density at radius 2 is 2.05 bits per heavy atom. The highest BCUT2D eigenvalue weighted by molar-refractivity contribution is 6.59. The summed E-state index contributed by atoms with van der Waals surface area (Å²) >= 11 is 0. The normalized spacial score (nSPS) is 16.1. The Morgan fingerprint density at radius 1 is 1.37 bits per heavy atom. The van der Waals surface area contributed by atoms with Crippen LogP contribution in [0.15, 0.2) is 12.1 Å². The summed E-state index contributed by atoms with van der Waals surface area (Å²) in [4.78, 5) is 2.33. The zero-order valence-corrected chi connectivity index (χ0v) is 11.2. The van der Waals surface area contributed by atoms with Crippen LogP contribution in [0.25, 0.3) is 0 Å². The van der Waals surface area contributed by atoms with Gasteiger partial charge in [-0.25, -0.2) is 0 Å². The fourth-order valence-corrected chi connectivity index (χ4v) is 2.44. The number of benzene rings is 1. The molecular weight excluding hydrogens is 239 g/mol. The van der Waals surface area contributed by atoms with Crippen LogP contribution in [-0.2, 0) is 6.54 Å². The van der Waals surface area contributed by atoms with Crippen molar-refractivity contribution in [3.05, 3.63) is 28.8 Å². The molecule has 0 aromatic heterocycles. The topological polar surface area (TPSA) is 55.7 Å². The first-order valence-corrected chi connectivity index (χ1v) is 6.51. The molecule has 1 aliphatic heterocycles. The largest absolute Gasteiger partial charge is 0.488 e. The maximum absolute atomic E-state index is 9.42. The lowest BCUT2D eigenvalue weighted by molar-refractivity contribution is 0.233. The Bertz CT molecular complexity index is 491. The minimum Gasteiger partial charge on any atom is -0.423 e. The van der Waals surface area contributed by atoms with Crippen LogP contribution in [0.2, 0.25) is 0 Å². The number of piperazine rings is 1. The first-order chi connectivity index (χ1) is 9.11. The van der Waals surface area contributed by atoms with E-state index < -0.39 is 7.12 Å². The van der Waals surface area contributed by atoms with Crippen LogP contribution in [-0.4, -0.2) is 48.2 Å². The van der Waals surface area contributed by atoms with Gasteiger partial charge in [0, 0.05) is 38.3 Å². The Hall–Kier alpha value is -1.32. The van der Waals surface area contributed by atoms with Gasteiger partial charge in [-0.15, -0.1) is 6.42 Å². The summed E-state index contributed by atoms with van der Waals surface area (Å²) in [6, 6.07) is 3.80. The molecule has 1 heterocycles. The third-order valence-corrected chi connectivity index (χ3v) is 3.56. The minimum atomic E-state index is -1.48. The van der Waals surface area contributed by atoms with Crippen molar-refractivity contribution in [2.24, 2.45) is 0 Å². The van der Waals surface area contributed by atoms with Crippen molar-refractivity contribution in [1.29, 1.82) is 0 Å². The van der Waals surface area contributed by atoms with Crippen LogP contribution in [0.4, 0.5) is 0 Å². The van der Waals surface area contributed by atoms with E-state index in [-0.39, 0.29) is 0 Å². The number of nitrogens with zero attached hydrogens (tertiary/aromatic N) is 1. The quantitative estimate of drug-likeness (QED) is 0.484. The Kier molecular flexibility index (Phi) is 4.62. The zero-order chi connectivity index (χ0) is 13.8. The van der Waals surface area contributed by atoms with Gasteiger partial charge in [-0.2, -0.15) is 0 Å². The van der Waals surface area contributed by atoms with Crippen molar-refractivity contribution in [1.82, 2.24) is 10.2 Å². The summed E-state index contributed by atoms with van der Waals surface area (Å²) < 4.78 is 0. The summed E-state index contributed by atoms with van der Waals surface area (Å²) in [7, 11) is -1.48. The lowest BCUT2D eigenvalue weighted by atomic mass is 9.75. The molecule has 5 heteroatoms. The van der Waals surface area contributed by atoms with E-state index in [2.05, 4.69) is 16.1 Å². The van der Waals surface area contributed by atoms with E-state index in [1.165, 1.54) is 0 Å².